The van der Waals surface area contributed by atoms with Crippen molar-refractivity contribution >= 4 is 14.3 Å². The second-order valence-corrected chi connectivity index (χ2v) is 12.1. The predicted octanol–water partition coefficient (Wildman–Crippen LogP) is 2.87. The van der Waals surface area contributed by atoms with Crippen molar-refractivity contribution in [3.63, 3.8) is 0 Å². The van der Waals surface area contributed by atoms with Crippen LogP contribution in [0.3, 0.4) is 0 Å². The molecule has 1 aliphatic rings. The van der Waals surface area contributed by atoms with E-state index in [0.717, 1.165) is 0 Å². The van der Waals surface area contributed by atoms with E-state index < -0.39 is 26.3 Å². The van der Waals surface area contributed by atoms with E-state index in [-0.39, 0.29) is 17.1 Å². The summed E-state index contributed by atoms with van der Waals surface area (Å²) in [4.78, 5) is 11.2. The lowest BCUT2D eigenvalue weighted by molar-refractivity contribution is -0.148. The minimum absolute atomic E-state index is 0.0235. The third-order valence-corrected chi connectivity index (χ3v) is 9.24. The molecule has 112 valence electrons. The van der Waals surface area contributed by atoms with E-state index >= 15 is 0 Å². The van der Waals surface area contributed by atoms with Gasteiger partial charge in [0.15, 0.2) is 8.32 Å². The van der Waals surface area contributed by atoms with Crippen molar-refractivity contribution in [1.82, 2.24) is 0 Å². The first kappa shape index (κ1) is 16.7. The van der Waals surface area contributed by atoms with Crippen molar-refractivity contribution in [2.24, 2.45) is 11.8 Å². The zero-order chi connectivity index (χ0) is 15.0. The molecule has 2 N–H and O–H groups in total. The van der Waals surface area contributed by atoms with Gasteiger partial charge in [-0.2, -0.15) is 0 Å². The van der Waals surface area contributed by atoms with Gasteiger partial charge >= 0.3 is 5.97 Å². The molecule has 0 aromatic carbocycles. The molecule has 1 aliphatic carbocycles. The fourth-order valence-corrected chi connectivity index (χ4v) is 3.69. The van der Waals surface area contributed by atoms with Gasteiger partial charge in [-0.15, -0.1) is 0 Å². The molecule has 0 amide bonds. The van der Waals surface area contributed by atoms with Crippen LogP contribution in [-0.4, -0.2) is 36.7 Å². The number of aliphatic hydroxyl groups is 1. The molecule has 1 fully saturated rings. The monoisotopic (exact) mass is 288 g/mol. The van der Waals surface area contributed by atoms with Crippen molar-refractivity contribution in [1.29, 1.82) is 0 Å². The normalized spacial score (nSPS) is 33.2. The summed E-state index contributed by atoms with van der Waals surface area (Å²) in [6.45, 7) is 12.6. The standard InChI is InChI=1S/C14H28O4Si/c1-9-7-10(13(16)17)8-11(12(9)15)18-19(5,6)14(2,3)4/h9-12,15H,7-8H2,1-6H3,(H,16,17). The molecule has 0 radical (unpaired) electrons. The van der Waals surface area contributed by atoms with E-state index in [9.17, 15) is 15.0 Å². The van der Waals surface area contributed by atoms with Gasteiger partial charge in [-0.1, -0.05) is 27.7 Å². The van der Waals surface area contributed by atoms with Gasteiger partial charge in [0.05, 0.1) is 18.1 Å². The highest BCUT2D eigenvalue weighted by molar-refractivity contribution is 6.74. The third kappa shape index (κ3) is 3.80. The maximum absolute atomic E-state index is 11.2. The fourth-order valence-electron chi connectivity index (χ4n) is 2.35. The molecule has 4 atom stereocenters. The maximum Gasteiger partial charge on any atom is 0.306 e. The average Bonchev–Trinajstić information content (AvgIpc) is 2.22. The largest absolute Gasteiger partial charge is 0.481 e. The minimum atomic E-state index is -1.98. The van der Waals surface area contributed by atoms with Crippen LogP contribution in [0, 0.1) is 11.8 Å². The number of rotatable bonds is 3. The molecule has 0 aliphatic heterocycles. The van der Waals surface area contributed by atoms with Crippen LogP contribution in [0.1, 0.15) is 40.5 Å². The van der Waals surface area contributed by atoms with Crippen molar-refractivity contribution < 1.29 is 19.4 Å². The molecular weight excluding hydrogens is 260 g/mol. The summed E-state index contributed by atoms with van der Waals surface area (Å²) in [6.07, 6.45) is 0.0664. The second kappa shape index (κ2) is 5.54. The van der Waals surface area contributed by atoms with Gasteiger partial charge in [-0.25, -0.2) is 0 Å². The molecule has 0 spiro atoms. The van der Waals surface area contributed by atoms with Crippen LogP contribution in [0.25, 0.3) is 0 Å². The van der Waals surface area contributed by atoms with Crippen LogP contribution in [-0.2, 0) is 9.22 Å². The number of aliphatic carboxylic acids is 1. The van der Waals surface area contributed by atoms with E-state index in [1.807, 2.05) is 6.92 Å². The lowest BCUT2D eigenvalue weighted by Crippen LogP contribution is -2.51. The number of hydrogen-bond donors (Lipinski definition) is 2. The zero-order valence-electron chi connectivity index (χ0n) is 12.9. The Balaban J connectivity index is 2.83. The van der Waals surface area contributed by atoms with Crippen molar-refractivity contribution in [2.45, 2.75) is 70.9 Å². The van der Waals surface area contributed by atoms with Crippen LogP contribution >= 0.6 is 0 Å². The minimum Gasteiger partial charge on any atom is -0.481 e. The average molecular weight is 288 g/mol. The molecule has 0 bridgehead atoms. The van der Waals surface area contributed by atoms with Crippen LogP contribution in [0.15, 0.2) is 0 Å². The first-order valence-electron chi connectivity index (χ1n) is 7.04. The van der Waals surface area contributed by atoms with Crippen molar-refractivity contribution in [2.75, 3.05) is 0 Å². The Bertz CT molecular complexity index is 335. The number of carboxylic acids is 1. The molecule has 4 unspecified atom stereocenters. The number of carboxylic acid groups (broad SMARTS) is 1. The zero-order valence-corrected chi connectivity index (χ0v) is 13.9. The molecule has 0 aromatic rings. The fraction of sp³-hybridized carbons (Fsp3) is 0.929. The van der Waals surface area contributed by atoms with E-state index in [1.165, 1.54) is 0 Å². The van der Waals surface area contributed by atoms with E-state index in [4.69, 9.17) is 4.43 Å². The molecule has 1 rings (SSSR count). The number of hydrogen-bond acceptors (Lipinski definition) is 3. The SMILES string of the molecule is CC1CC(C(=O)O)CC(O[Si](C)(C)C(C)(C)C)C1O. The van der Waals surface area contributed by atoms with Gasteiger partial charge in [0.2, 0.25) is 0 Å². The third-order valence-electron chi connectivity index (χ3n) is 4.74. The molecule has 0 heterocycles. The molecule has 5 heteroatoms. The second-order valence-electron chi connectivity index (χ2n) is 7.39. The summed E-state index contributed by atoms with van der Waals surface area (Å²) in [5, 5.41) is 19.5. The van der Waals surface area contributed by atoms with E-state index in [1.54, 1.807) is 0 Å². The van der Waals surface area contributed by atoms with Gasteiger partial charge < -0.3 is 14.6 Å². The Morgan fingerprint density at radius 2 is 1.79 bits per heavy atom. The van der Waals surface area contributed by atoms with Gasteiger partial charge in [0.1, 0.15) is 0 Å². The van der Waals surface area contributed by atoms with Crippen LogP contribution in [0.4, 0.5) is 0 Å². The Morgan fingerprint density at radius 1 is 1.26 bits per heavy atom. The van der Waals surface area contributed by atoms with Gasteiger partial charge in [-0.3, -0.25) is 4.79 Å². The van der Waals surface area contributed by atoms with Gasteiger partial charge in [0, 0.05) is 0 Å². The smallest absolute Gasteiger partial charge is 0.306 e. The van der Waals surface area contributed by atoms with Crippen molar-refractivity contribution in [3.05, 3.63) is 0 Å². The van der Waals surface area contributed by atoms with Gasteiger partial charge in [0.25, 0.3) is 0 Å². The Hall–Kier alpha value is -0.393. The maximum atomic E-state index is 11.2. The summed E-state index contributed by atoms with van der Waals surface area (Å²) < 4.78 is 6.23. The summed E-state index contributed by atoms with van der Waals surface area (Å²) in [5.41, 5.74) is 0. The lowest BCUT2D eigenvalue weighted by atomic mass is 9.79. The van der Waals surface area contributed by atoms with E-state index in [0.29, 0.717) is 12.8 Å². The number of aliphatic hydroxyl groups excluding tert-OH is 1. The first-order chi connectivity index (χ1) is 8.45. The highest BCUT2D eigenvalue weighted by Crippen LogP contribution is 2.40. The molecule has 4 nitrogen and oxygen atoms in total. The summed E-state index contributed by atoms with van der Waals surface area (Å²) in [6, 6.07) is 0. The quantitative estimate of drug-likeness (QED) is 0.784. The van der Waals surface area contributed by atoms with Crippen LogP contribution in [0.5, 0.6) is 0 Å². The molecule has 1 saturated carbocycles. The Kier molecular flexibility index (Phi) is 4.86. The molecular formula is C14H28O4Si. The topological polar surface area (TPSA) is 66.8 Å². The van der Waals surface area contributed by atoms with Gasteiger partial charge in [-0.05, 0) is 36.9 Å². The van der Waals surface area contributed by atoms with E-state index in [2.05, 4.69) is 33.9 Å². The highest BCUT2D eigenvalue weighted by Gasteiger charge is 2.44. The first-order valence-corrected chi connectivity index (χ1v) is 9.95. The molecule has 0 aromatic heterocycles. The Labute approximate surface area is 117 Å². The number of carbonyl (C=O) groups is 1. The highest BCUT2D eigenvalue weighted by atomic mass is 28.4. The molecule has 0 saturated heterocycles. The molecule has 19 heavy (non-hydrogen) atoms. The van der Waals surface area contributed by atoms with Crippen LogP contribution < -0.4 is 0 Å². The van der Waals surface area contributed by atoms with Crippen LogP contribution in [0.2, 0.25) is 18.1 Å². The predicted molar refractivity (Wildman–Crippen MR) is 77.6 cm³/mol. The summed E-state index contributed by atoms with van der Waals surface area (Å²) in [7, 11) is -1.98. The van der Waals surface area contributed by atoms with Crippen molar-refractivity contribution in [3.8, 4) is 0 Å². The lowest BCUT2D eigenvalue weighted by Gasteiger charge is -2.44. The summed E-state index contributed by atoms with van der Waals surface area (Å²) in [5.74, 6) is -1.19. The summed E-state index contributed by atoms with van der Waals surface area (Å²) >= 11 is 0. The Morgan fingerprint density at radius 3 is 2.21 bits per heavy atom.